The third kappa shape index (κ3) is 23.2. The van der Waals surface area contributed by atoms with Crippen LogP contribution < -0.4 is 53.6 Å². The fraction of sp³-hybridized carbons (Fsp3) is 0.800. The summed E-state index contributed by atoms with van der Waals surface area (Å²) in [6, 6.07) is -6.64. The number of hydrogen-bond acceptors (Lipinski definition) is 11. The van der Waals surface area contributed by atoms with E-state index in [1.165, 1.54) is 16.7 Å². The molecule has 0 aliphatic carbocycles. The van der Waals surface area contributed by atoms with Gasteiger partial charge in [-0.25, -0.2) is 4.79 Å². The molecule has 0 unspecified atom stereocenters. The minimum absolute atomic E-state index is 0.0560. The zero-order chi connectivity index (χ0) is 50.1. The molecular formula is C45H83N11O9S. The van der Waals surface area contributed by atoms with Crippen molar-refractivity contribution >= 4 is 65.1 Å². The quantitative estimate of drug-likeness (QED) is 0.0713. The lowest BCUT2D eigenvalue weighted by Crippen LogP contribution is -2.60. The lowest BCUT2D eigenvalue weighted by Gasteiger charge is -2.31. The summed E-state index contributed by atoms with van der Waals surface area (Å²) in [5.74, 6) is -5.04. The SMILES string of the molecule is CC[C@H](C)[C@H](NC(=O)[C@H](CC(C)C)NC(=O)[C@@H](NC(=O)CN1CCCCNC(=O)NCCNCC(=O)N[C@@H](CCSC)C(=O)N[C@@H](CC(C)C)C1=O)C(C)C)C(=O)N[C@@H](CC(C)C)C(N)=O. The molecular weight excluding hydrogens is 871 g/mol. The molecule has 1 fully saturated rings. The van der Waals surface area contributed by atoms with Crippen molar-refractivity contribution < 1.29 is 43.2 Å². The van der Waals surface area contributed by atoms with Crippen LogP contribution in [0.3, 0.4) is 0 Å². The Labute approximate surface area is 396 Å². The third-order valence-corrected chi connectivity index (χ3v) is 11.7. The summed E-state index contributed by atoms with van der Waals surface area (Å²) < 4.78 is 0. The van der Waals surface area contributed by atoms with Crippen molar-refractivity contribution in [3.63, 3.8) is 0 Å². The molecule has 1 rings (SSSR count). The molecule has 0 saturated carbocycles. The number of carbonyl (C=O) groups is 9. The Morgan fingerprint density at radius 2 is 1.33 bits per heavy atom. The van der Waals surface area contributed by atoms with E-state index in [1.807, 2.05) is 54.7 Å². The first-order valence-electron chi connectivity index (χ1n) is 23.6. The molecule has 1 aliphatic heterocycles. The molecule has 0 aromatic rings. The van der Waals surface area contributed by atoms with Crippen molar-refractivity contribution in [1.29, 1.82) is 0 Å². The van der Waals surface area contributed by atoms with Crippen LogP contribution in [0.25, 0.3) is 0 Å². The van der Waals surface area contributed by atoms with E-state index in [0.29, 0.717) is 44.4 Å². The maximum Gasteiger partial charge on any atom is 0.314 e. The van der Waals surface area contributed by atoms with Crippen LogP contribution in [-0.4, -0.2) is 146 Å². The third-order valence-electron chi connectivity index (χ3n) is 11.0. The minimum Gasteiger partial charge on any atom is -0.368 e. The summed E-state index contributed by atoms with van der Waals surface area (Å²) in [5.41, 5.74) is 5.59. The number of urea groups is 1. The monoisotopic (exact) mass is 954 g/mol. The van der Waals surface area contributed by atoms with Gasteiger partial charge in [0.15, 0.2) is 0 Å². The molecule has 7 atom stereocenters. The van der Waals surface area contributed by atoms with Gasteiger partial charge in [0.1, 0.15) is 36.3 Å². The van der Waals surface area contributed by atoms with Gasteiger partial charge in [-0.1, -0.05) is 75.7 Å². The molecule has 378 valence electrons. The van der Waals surface area contributed by atoms with Crippen molar-refractivity contribution in [2.45, 2.75) is 150 Å². The van der Waals surface area contributed by atoms with Crippen molar-refractivity contribution in [1.82, 2.24) is 52.8 Å². The van der Waals surface area contributed by atoms with Crippen LogP contribution in [0.1, 0.15) is 114 Å². The summed E-state index contributed by atoms with van der Waals surface area (Å²) in [6.07, 6.45) is 4.27. The maximum absolute atomic E-state index is 14.4. The number of amides is 10. The second-order valence-electron chi connectivity index (χ2n) is 18.9. The predicted octanol–water partition coefficient (Wildman–Crippen LogP) is 0.485. The summed E-state index contributed by atoms with van der Waals surface area (Å²) in [5, 5.41) is 25.1. The fourth-order valence-electron chi connectivity index (χ4n) is 7.19. The van der Waals surface area contributed by atoms with E-state index in [4.69, 9.17) is 5.73 Å². The van der Waals surface area contributed by atoms with E-state index in [0.717, 1.165) is 0 Å². The molecule has 66 heavy (non-hydrogen) atoms. The van der Waals surface area contributed by atoms with Gasteiger partial charge >= 0.3 is 6.03 Å². The van der Waals surface area contributed by atoms with E-state index < -0.39 is 102 Å². The number of carbonyl (C=O) groups excluding carboxylic acids is 9. The van der Waals surface area contributed by atoms with Gasteiger partial charge in [0.25, 0.3) is 0 Å². The van der Waals surface area contributed by atoms with Gasteiger partial charge in [-0.3, -0.25) is 38.4 Å². The summed E-state index contributed by atoms with van der Waals surface area (Å²) in [7, 11) is 0. The molecule has 1 heterocycles. The van der Waals surface area contributed by atoms with Gasteiger partial charge in [0.05, 0.1) is 13.1 Å². The van der Waals surface area contributed by atoms with Crippen LogP contribution in [0.2, 0.25) is 0 Å². The normalized spacial score (nSPS) is 19.7. The number of rotatable bonds is 22. The Morgan fingerprint density at radius 1 is 0.727 bits per heavy atom. The number of nitrogens with zero attached hydrogens (tertiary/aromatic N) is 1. The maximum atomic E-state index is 14.4. The van der Waals surface area contributed by atoms with Gasteiger partial charge in [-0.05, 0) is 80.1 Å². The average molecular weight is 954 g/mol. The van der Waals surface area contributed by atoms with Crippen molar-refractivity contribution in [3.05, 3.63) is 0 Å². The van der Waals surface area contributed by atoms with Crippen LogP contribution in [-0.2, 0) is 38.4 Å². The standard InChI is InChI=1S/C45H83N11O9S/c1-12-30(10)38(43(63)51-32(39(46)59)21-26(2)3)55-41(61)33(22-27(4)5)52-42(62)37(29(8)9)54-36(58)25-56-19-14-13-16-48-45(65)49-18-17-47-24-35(57)50-31(15-20-66-11)40(60)53-34(44(56)64)23-28(6)7/h26-34,37-38,47H,12-25H2,1-11H3,(H2,46,59)(H,50,57)(H,51,63)(H,52,62)(H,53,60)(H,54,58)(H,55,61)(H2,48,49,65)/t30-,31-,32-,33-,34-,37-,38-/m0/s1. The Morgan fingerprint density at radius 3 is 1.91 bits per heavy atom. The van der Waals surface area contributed by atoms with E-state index in [1.54, 1.807) is 20.8 Å². The number of nitrogens with one attached hydrogen (secondary N) is 9. The Hall–Kier alpha value is -4.66. The highest BCUT2D eigenvalue weighted by Gasteiger charge is 2.36. The van der Waals surface area contributed by atoms with Crippen LogP contribution in [0, 0.1) is 29.6 Å². The second kappa shape index (κ2) is 31.3. The largest absolute Gasteiger partial charge is 0.368 e. The molecule has 21 heteroatoms. The Kier molecular flexibility index (Phi) is 28.2. The van der Waals surface area contributed by atoms with Gasteiger partial charge in [0, 0.05) is 26.2 Å². The first-order valence-corrected chi connectivity index (χ1v) is 25.0. The van der Waals surface area contributed by atoms with Gasteiger partial charge < -0.3 is 58.5 Å². The molecule has 0 aromatic heterocycles. The zero-order valence-corrected chi connectivity index (χ0v) is 42.2. The van der Waals surface area contributed by atoms with E-state index in [9.17, 15) is 43.2 Å². The van der Waals surface area contributed by atoms with Crippen molar-refractivity contribution in [2.24, 2.45) is 35.3 Å². The molecule has 0 bridgehead atoms. The molecule has 1 saturated heterocycles. The van der Waals surface area contributed by atoms with Crippen LogP contribution in [0.5, 0.6) is 0 Å². The number of thioether (sulfide) groups is 1. The Balaban J connectivity index is 3.44. The molecule has 0 aromatic carbocycles. The van der Waals surface area contributed by atoms with E-state index in [-0.39, 0.29) is 62.7 Å². The van der Waals surface area contributed by atoms with Crippen molar-refractivity contribution in [2.75, 3.05) is 51.3 Å². The molecule has 0 spiro atoms. The molecule has 11 N–H and O–H groups in total. The van der Waals surface area contributed by atoms with E-state index in [2.05, 4.69) is 47.9 Å². The molecule has 0 radical (unpaired) electrons. The first kappa shape index (κ1) is 59.4. The van der Waals surface area contributed by atoms with Gasteiger partial charge in [-0.2, -0.15) is 11.8 Å². The average Bonchev–Trinajstić information content (AvgIpc) is 3.22. The Bertz CT molecular complexity index is 1600. The summed E-state index contributed by atoms with van der Waals surface area (Å²) in [4.78, 5) is 122. The molecule has 1 aliphatic rings. The molecule has 10 amide bonds. The van der Waals surface area contributed by atoms with Crippen molar-refractivity contribution in [3.8, 4) is 0 Å². The van der Waals surface area contributed by atoms with Gasteiger partial charge in [-0.15, -0.1) is 0 Å². The van der Waals surface area contributed by atoms with Crippen LogP contribution >= 0.6 is 11.8 Å². The zero-order valence-electron chi connectivity index (χ0n) is 41.4. The minimum atomic E-state index is -1.15. The van der Waals surface area contributed by atoms with Gasteiger partial charge in [0.2, 0.25) is 47.3 Å². The predicted molar refractivity (Wildman–Crippen MR) is 257 cm³/mol. The highest BCUT2D eigenvalue weighted by atomic mass is 32.2. The number of hydrogen-bond donors (Lipinski definition) is 10. The molecule has 20 nitrogen and oxygen atoms in total. The van der Waals surface area contributed by atoms with Crippen LogP contribution in [0.15, 0.2) is 0 Å². The lowest BCUT2D eigenvalue weighted by molar-refractivity contribution is -0.141. The number of primary amides is 1. The fourth-order valence-corrected chi connectivity index (χ4v) is 7.66. The number of nitrogens with two attached hydrogens (primary N) is 1. The van der Waals surface area contributed by atoms with Crippen LogP contribution in [0.4, 0.5) is 4.79 Å². The summed E-state index contributed by atoms with van der Waals surface area (Å²) in [6.45, 7) is 18.8. The van der Waals surface area contributed by atoms with E-state index >= 15 is 0 Å². The first-order chi connectivity index (χ1) is 31.0. The lowest BCUT2D eigenvalue weighted by atomic mass is 9.95. The topological polar surface area (TPSA) is 291 Å². The smallest absolute Gasteiger partial charge is 0.314 e. The summed E-state index contributed by atoms with van der Waals surface area (Å²) >= 11 is 1.50. The highest BCUT2D eigenvalue weighted by molar-refractivity contribution is 7.98. The second-order valence-corrected chi connectivity index (χ2v) is 19.8. The highest BCUT2D eigenvalue weighted by Crippen LogP contribution is 2.15.